The molecule has 21 heavy (non-hydrogen) atoms. The number of ether oxygens (including phenoxy) is 1. The molecule has 0 saturated carbocycles. The summed E-state index contributed by atoms with van der Waals surface area (Å²) in [5.41, 5.74) is 1.44. The third kappa shape index (κ3) is 3.54. The number of alkyl halides is 3. The SMILES string of the molecule is CONC(=O)[C@@]1(Cc2ccc(C(F)(F)F)cc2)CCOC1. The van der Waals surface area contributed by atoms with E-state index < -0.39 is 17.2 Å². The molecule has 0 spiro atoms. The van der Waals surface area contributed by atoms with Crippen LogP contribution in [0.2, 0.25) is 0 Å². The van der Waals surface area contributed by atoms with Gasteiger partial charge in [0.1, 0.15) is 0 Å². The monoisotopic (exact) mass is 303 g/mol. The Balaban J connectivity index is 2.16. The molecule has 4 nitrogen and oxygen atoms in total. The Morgan fingerprint density at radius 3 is 2.52 bits per heavy atom. The summed E-state index contributed by atoms with van der Waals surface area (Å²) in [6, 6.07) is 4.83. The van der Waals surface area contributed by atoms with Gasteiger partial charge in [-0.25, -0.2) is 5.48 Å². The van der Waals surface area contributed by atoms with Crippen molar-refractivity contribution in [3.8, 4) is 0 Å². The maximum absolute atomic E-state index is 12.5. The lowest BCUT2D eigenvalue weighted by molar-refractivity contribution is -0.142. The van der Waals surface area contributed by atoms with Crippen LogP contribution in [0.5, 0.6) is 0 Å². The third-order valence-electron chi connectivity index (χ3n) is 3.60. The minimum atomic E-state index is -4.36. The normalized spacial score (nSPS) is 22.3. The molecule has 1 aliphatic rings. The van der Waals surface area contributed by atoms with Gasteiger partial charge < -0.3 is 4.74 Å². The van der Waals surface area contributed by atoms with Crippen molar-refractivity contribution in [2.45, 2.75) is 19.0 Å². The summed E-state index contributed by atoms with van der Waals surface area (Å²) in [7, 11) is 1.33. The van der Waals surface area contributed by atoms with Crippen LogP contribution in [-0.4, -0.2) is 26.2 Å². The lowest BCUT2D eigenvalue weighted by Gasteiger charge is -2.25. The lowest BCUT2D eigenvalue weighted by atomic mass is 9.80. The van der Waals surface area contributed by atoms with Crippen LogP contribution < -0.4 is 5.48 Å². The first-order valence-electron chi connectivity index (χ1n) is 6.45. The predicted molar refractivity (Wildman–Crippen MR) is 68.2 cm³/mol. The molecule has 0 bridgehead atoms. The molecule has 1 heterocycles. The van der Waals surface area contributed by atoms with Gasteiger partial charge in [-0.3, -0.25) is 9.63 Å². The van der Waals surface area contributed by atoms with Gasteiger partial charge in [0, 0.05) is 6.61 Å². The molecule has 1 saturated heterocycles. The standard InChI is InChI=1S/C14H16F3NO3/c1-20-18-12(19)13(6-7-21-9-13)8-10-2-4-11(5-3-10)14(15,16)17/h2-5H,6-9H2,1H3,(H,18,19)/t13-/m1/s1. The van der Waals surface area contributed by atoms with Gasteiger partial charge in [0.15, 0.2) is 0 Å². The molecule has 1 N–H and O–H groups in total. The van der Waals surface area contributed by atoms with Gasteiger partial charge in [0.05, 0.1) is 24.7 Å². The fourth-order valence-electron chi connectivity index (χ4n) is 2.41. The van der Waals surface area contributed by atoms with Crippen molar-refractivity contribution < 1.29 is 27.5 Å². The third-order valence-corrected chi connectivity index (χ3v) is 3.60. The Bertz CT molecular complexity index is 493. The molecular formula is C14H16F3NO3. The molecule has 1 aliphatic heterocycles. The summed E-state index contributed by atoms with van der Waals surface area (Å²) in [6.07, 6.45) is -3.55. The van der Waals surface area contributed by atoms with Gasteiger partial charge in [-0.1, -0.05) is 12.1 Å². The second-order valence-corrected chi connectivity index (χ2v) is 5.09. The molecule has 2 rings (SSSR count). The molecule has 0 unspecified atom stereocenters. The maximum Gasteiger partial charge on any atom is 0.416 e. The van der Waals surface area contributed by atoms with Crippen molar-refractivity contribution in [2.75, 3.05) is 20.3 Å². The summed E-state index contributed by atoms with van der Waals surface area (Å²) in [5.74, 6) is -0.317. The van der Waals surface area contributed by atoms with E-state index in [0.29, 0.717) is 25.0 Å². The molecule has 0 aromatic heterocycles. The Kier molecular flexibility index (Phi) is 4.53. The Labute approximate surface area is 120 Å². The zero-order valence-corrected chi connectivity index (χ0v) is 11.5. The first kappa shape index (κ1) is 15.8. The minimum absolute atomic E-state index is 0.225. The number of hydrogen-bond donors (Lipinski definition) is 1. The predicted octanol–water partition coefficient (Wildman–Crippen LogP) is 2.33. The molecule has 1 atom stereocenters. The van der Waals surface area contributed by atoms with Crippen LogP contribution in [-0.2, 0) is 27.0 Å². The van der Waals surface area contributed by atoms with E-state index in [1.165, 1.54) is 19.2 Å². The summed E-state index contributed by atoms with van der Waals surface area (Å²) < 4.78 is 42.9. The zero-order chi connectivity index (χ0) is 15.5. The van der Waals surface area contributed by atoms with E-state index in [0.717, 1.165) is 12.1 Å². The van der Waals surface area contributed by atoms with Crippen LogP contribution >= 0.6 is 0 Å². The number of hydrogen-bond acceptors (Lipinski definition) is 3. The number of rotatable bonds is 4. The summed E-state index contributed by atoms with van der Waals surface area (Å²) in [6.45, 7) is 0.668. The van der Waals surface area contributed by atoms with Gasteiger partial charge in [-0.05, 0) is 30.5 Å². The molecular weight excluding hydrogens is 287 g/mol. The Hall–Kier alpha value is -1.60. The summed E-state index contributed by atoms with van der Waals surface area (Å²) in [5, 5.41) is 0. The first-order valence-corrected chi connectivity index (χ1v) is 6.45. The highest BCUT2D eigenvalue weighted by molar-refractivity contribution is 5.82. The number of carbonyl (C=O) groups is 1. The van der Waals surface area contributed by atoms with E-state index >= 15 is 0 Å². The second-order valence-electron chi connectivity index (χ2n) is 5.09. The minimum Gasteiger partial charge on any atom is -0.380 e. The van der Waals surface area contributed by atoms with Crippen molar-refractivity contribution in [1.29, 1.82) is 0 Å². The molecule has 7 heteroatoms. The highest BCUT2D eigenvalue weighted by Gasteiger charge is 2.42. The van der Waals surface area contributed by atoms with E-state index in [4.69, 9.17) is 4.74 Å². The number of hydroxylamine groups is 1. The molecule has 116 valence electrons. The molecule has 0 aliphatic carbocycles. The van der Waals surface area contributed by atoms with Crippen LogP contribution in [0.1, 0.15) is 17.5 Å². The van der Waals surface area contributed by atoms with E-state index in [9.17, 15) is 18.0 Å². The number of nitrogens with one attached hydrogen (secondary N) is 1. The van der Waals surface area contributed by atoms with E-state index in [2.05, 4.69) is 10.3 Å². The van der Waals surface area contributed by atoms with Crippen molar-refractivity contribution in [3.05, 3.63) is 35.4 Å². The number of carbonyl (C=O) groups excluding carboxylic acids is 1. The van der Waals surface area contributed by atoms with Gasteiger partial charge in [-0.15, -0.1) is 0 Å². The van der Waals surface area contributed by atoms with Gasteiger partial charge in [0.2, 0.25) is 0 Å². The average molecular weight is 303 g/mol. The van der Waals surface area contributed by atoms with Crippen molar-refractivity contribution in [3.63, 3.8) is 0 Å². The topological polar surface area (TPSA) is 47.6 Å². The van der Waals surface area contributed by atoms with Crippen LogP contribution in [0, 0.1) is 5.41 Å². The molecule has 1 aromatic rings. The molecule has 1 aromatic carbocycles. The van der Waals surface area contributed by atoms with Crippen LogP contribution in [0.3, 0.4) is 0 Å². The summed E-state index contributed by atoms with van der Waals surface area (Å²) in [4.78, 5) is 16.7. The van der Waals surface area contributed by atoms with Crippen molar-refractivity contribution in [1.82, 2.24) is 5.48 Å². The van der Waals surface area contributed by atoms with E-state index in [-0.39, 0.29) is 12.5 Å². The van der Waals surface area contributed by atoms with Crippen molar-refractivity contribution >= 4 is 5.91 Å². The molecule has 1 amide bonds. The number of halogens is 3. The van der Waals surface area contributed by atoms with Gasteiger partial charge >= 0.3 is 6.18 Å². The van der Waals surface area contributed by atoms with Crippen LogP contribution in [0.4, 0.5) is 13.2 Å². The average Bonchev–Trinajstić information content (AvgIpc) is 2.88. The molecule has 0 radical (unpaired) electrons. The quantitative estimate of drug-likeness (QED) is 0.869. The van der Waals surface area contributed by atoms with Crippen molar-refractivity contribution in [2.24, 2.45) is 5.41 Å². The fraction of sp³-hybridized carbons (Fsp3) is 0.500. The van der Waals surface area contributed by atoms with Gasteiger partial charge in [-0.2, -0.15) is 13.2 Å². The lowest BCUT2D eigenvalue weighted by Crippen LogP contribution is -2.42. The first-order chi connectivity index (χ1) is 9.87. The van der Waals surface area contributed by atoms with Crippen LogP contribution in [0.25, 0.3) is 0 Å². The smallest absolute Gasteiger partial charge is 0.380 e. The van der Waals surface area contributed by atoms with Crippen LogP contribution in [0.15, 0.2) is 24.3 Å². The largest absolute Gasteiger partial charge is 0.416 e. The number of benzene rings is 1. The Morgan fingerprint density at radius 1 is 1.38 bits per heavy atom. The second kappa shape index (κ2) is 6.03. The summed E-state index contributed by atoms with van der Waals surface area (Å²) >= 11 is 0. The maximum atomic E-state index is 12.5. The Morgan fingerprint density at radius 2 is 2.05 bits per heavy atom. The van der Waals surface area contributed by atoms with Gasteiger partial charge in [0.25, 0.3) is 5.91 Å². The highest BCUT2D eigenvalue weighted by Crippen LogP contribution is 2.34. The molecule has 1 fully saturated rings. The highest BCUT2D eigenvalue weighted by atomic mass is 19.4. The zero-order valence-electron chi connectivity index (χ0n) is 11.5. The number of amides is 1. The van der Waals surface area contributed by atoms with E-state index in [1.54, 1.807) is 0 Å². The van der Waals surface area contributed by atoms with E-state index in [1.807, 2.05) is 0 Å². The fourth-order valence-corrected chi connectivity index (χ4v) is 2.41.